The average Bonchev–Trinajstić information content (AvgIpc) is 2.70. The number of carbonyl (C=O) groups excluding carboxylic acids is 1. The van der Waals surface area contributed by atoms with Crippen LogP contribution in [0.1, 0.15) is 37.7 Å². The van der Waals surface area contributed by atoms with E-state index in [2.05, 4.69) is 5.32 Å². The Bertz CT molecular complexity index is 601. The molecule has 2 aliphatic rings. The number of halogens is 1. The minimum atomic E-state index is -0.0467. The maximum atomic E-state index is 12.4. The van der Waals surface area contributed by atoms with E-state index in [1.807, 2.05) is 6.08 Å². The number of fused-ring (bicyclic) bond motifs is 1. The maximum absolute atomic E-state index is 12.4. The maximum Gasteiger partial charge on any atom is 0.251 e. The van der Waals surface area contributed by atoms with Crippen molar-refractivity contribution in [3.63, 3.8) is 0 Å². The molecule has 110 valence electrons. The Kier molecular flexibility index (Phi) is 4.30. The van der Waals surface area contributed by atoms with Gasteiger partial charge in [-0.1, -0.05) is 30.9 Å². The summed E-state index contributed by atoms with van der Waals surface area (Å²) in [5, 5.41) is 3.74. The zero-order chi connectivity index (χ0) is 14.7. The number of nitrogens with one attached hydrogen (secondary N) is 1. The van der Waals surface area contributed by atoms with Gasteiger partial charge in [-0.05, 0) is 43.2 Å². The summed E-state index contributed by atoms with van der Waals surface area (Å²) in [7, 11) is 0. The predicted octanol–water partition coefficient (Wildman–Crippen LogP) is 4.08. The number of benzene rings is 1. The molecule has 1 saturated carbocycles. The van der Waals surface area contributed by atoms with Gasteiger partial charge >= 0.3 is 0 Å². The largest absolute Gasteiger partial charge is 0.464 e. The zero-order valence-corrected chi connectivity index (χ0v) is 12.5. The first kappa shape index (κ1) is 14.2. The minimum Gasteiger partial charge on any atom is -0.464 e. The molecule has 4 heteroatoms. The molecule has 0 radical (unpaired) electrons. The molecule has 0 saturated heterocycles. The van der Waals surface area contributed by atoms with Gasteiger partial charge in [-0.15, -0.1) is 0 Å². The van der Waals surface area contributed by atoms with Crippen LogP contribution in [0.5, 0.6) is 5.75 Å². The summed E-state index contributed by atoms with van der Waals surface area (Å²) in [6, 6.07) is 5.68. The van der Waals surface area contributed by atoms with E-state index < -0.39 is 0 Å². The molecule has 1 N–H and O–H groups in total. The molecule has 1 amide bonds. The highest BCUT2D eigenvalue weighted by Gasteiger charge is 2.18. The van der Waals surface area contributed by atoms with Gasteiger partial charge in [0.15, 0.2) is 0 Å². The third kappa shape index (κ3) is 3.48. The second-order valence-corrected chi connectivity index (χ2v) is 5.95. The van der Waals surface area contributed by atoms with E-state index in [1.165, 1.54) is 19.3 Å². The van der Waals surface area contributed by atoms with Crippen molar-refractivity contribution in [2.75, 3.05) is 0 Å². The van der Waals surface area contributed by atoms with Crippen LogP contribution in [0.3, 0.4) is 0 Å². The molecule has 1 fully saturated rings. The van der Waals surface area contributed by atoms with Crippen LogP contribution >= 0.6 is 11.6 Å². The van der Waals surface area contributed by atoms with E-state index in [0.29, 0.717) is 22.4 Å². The second kappa shape index (κ2) is 6.35. The number of amides is 1. The Balaban J connectivity index is 1.78. The van der Waals surface area contributed by atoms with Gasteiger partial charge in [0.25, 0.3) is 5.91 Å². The molecule has 0 bridgehead atoms. The molecular weight excluding hydrogens is 286 g/mol. The Morgan fingerprint density at radius 1 is 1.24 bits per heavy atom. The van der Waals surface area contributed by atoms with Crippen LogP contribution in [0.2, 0.25) is 5.02 Å². The van der Waals surface area contributed by atoms with Crippen molar-refractivity contribution >= 4 is 23.6 Å². The van der Waals surface area contributed by atoms with Crippen LogP contribution in [-0.2, 0) is 4.79 Å². The normalized spacial score (nSPS) is 18.2. The average molecular weight is 304 g/mol. The second-order valence-electron chi connectivity index (χ2n) is 5.51. The van der Waals surface area contributed by atoms with E-state index in [9.17, 15) is 4.79 Å². The van der Waals surface area contributed by atoms with E-state index in [4.69, 9.17) is 16.3 Å². The molecule has 0 atom stereocenters. The fourth-order valence-corrected chi connectivity index (χ4v) is 2.97. The molecule has 1 aromatic rings. The van der Waals surface area contributed by atoms with E-state index in [-0.39, 0.29) is 5.91 Å². The van der Waals surface area contributed by atoms with Gasteiger partial charge in [0.1, 0.15) is 5.75 Å². The highest BCUT2D eigenvalue weighted by atomic mass is 35.5. The van der Waals surface area contributed by atoms with Gasteiger partial charge in [0, 0.05) is 22.2 Å². The van der Waals surface area contributed by atoms with Crippen LogP contribution in [0.25, 0.3) is 6.08 Å². The lowest BCUT2D eigenvalue weighted by molar-refractivity contribution is -0.118. The van der Waals surface area contributed by atoms with Gasteiger partial charge in [0.05, 0.1) is 6.26 Å². The van der Waals surface area contributed by atoms with Crippen molar-refractivity contribution in [1.29, 1.82) is 0 Å². The molecule has 3 rings (SSSR count). The first-order valence-electron chi connectivity index (χ1n) is 7.38. The molecule has 1 heterocycles. The third-order valence-corrected chi connectivity index (χ3v) is 4.16. The van der Waals surface area contributed by atoms with Crippen LogP contribution in [0.4, 0.5) is 0 Å². The lowest BCUT2D eigenvalue weighted by Gasteiger charge is -2.22. The van der Waals surface area contributed by atoms with Crippen LogP contribution in [-0.4, -0.2) is 11.9 Å². The number of hydrogen-bond acceptors (Lipinski definition) is 2. The van der Waals surface area contributed by atoms with Gasteiger partial charge in [-0.25, -0.2) is 0 Å². The van der Waals surface area contributed by atoms with Gasteiger partial charge in [-0.2, -0.15) is 0 Å². The lowest BCUT2D eigenvalue weighted by atomic mass is 9.95. The summed E-state index contributed by atoms with van der Waals surface area (Å²) in [4.78, 5) is 12.4. The highest BCUT2D eigenvalue weighted by molar-refractivity contribution is 6.30. The SMILES string of the molecule is O=C(NC1CCCCC1)C1=Cc2cc(Cl)ccc2OC=C1. The summed E-state index contributed by atoms with van der Waals surface area (Å²) < 4.78 is 5.50. The Morgan fingerprint density at radius 2 is 2.05 bits per heavy atom. The zero-order valence-electron chi connectivity index (χ0n) is 11.8. The van der Waals surface area contributed by atoms with Gasteiger partial charge in [-0.3, -0.25) is 4.79 Å². The number of rotatable bonds is 2. The van der Waals surface area contributed by atoms with E-state index in [1.54, 1.807) is 30.5 Å². The van der Waals surface area contributed by atoms with E-state index >= 15 is 0 Å². The molecule has 1 aliphatic heterocycles. The Hall–Kier alpha value is -1.74. The van der Waals surface area contributed by atoms with Crippen LogP contribution in [0.15, 0.2) is 36.1 Å². The molecule has 0 unspecified atom stereocenters. The molecular formula is C17H18ClNO2. The summed E-state index contributed by atoms with van der Waals surface area (Å²) in [6.07, 6.45) is 10.9. The molecule has 21 heavy (non-hydrogen) atoms. The summed E-state index contributed by atoms with van der Waals surface area (Å²) in [5.74, 6) is 0.658. The van der Waals surface area contributed by atoms with Crippen LogP contribution in [0, 0.1) is 0 Å². The molecule has 1 aromatic carbocycles. The standard InChI is InChI=1S/C17H18ClNO2/c18-14-6-7-16-13(11-14)10-12(8-9-21-16)17(20)19-15-4-2-1-3-5-15/h6-11,15H,1-5H2,(H,19,20). The van der Waals surface area contributed by atoms with Crippen molar-refractivity contribution in [1.82, 2.24) is 5.32 Å². The van der Waals surface area contributed by atoms with Crippen LogP contribution < -0.4 is 10.1 Å². The lowest BCUT2D eigenvalue weighted by Crippen LogP contribution is -2.36. The topological polar surface area (TPSA) is 38.3 Å². The molecule has 0 aromatic heterocycles. The number of ether oxygens (including phenoxy) is 1. The minimum absolute atomic E-state index is 0.0467. The van der Waals surface area contributed by atoms with Gasteiger partial charge in [0.2, 0.25) is 0 Å². The molecule has 0 spiro atoms. The first-order chi connectivity index (χ1) is 10.2. The van der Waals surface area contributed by atoms with Crippen molar-refractivity contribution in [2.45, 2.75) is 38.1 Å². The third-order valence-electron chi connectivity index (χ3n) is 3.93. The van der Waals surface area contributed by atoms with Crippen molar-refractivity contribution < 1.29 is 9.53 Å². The molecule has 1 aliphatic carbocycles. The smallest absolute Gasteiger partial charge is 0.251 e. The monoisotopic (exact) mass is 303 g/mol. The Labute approximate surface area is 129 Å². The Morgan fingerprint density at radius 3 is 2.86 bits per heavy atom. The highest BCUT2D eigenvalue weighted by Crippen LogP contribution is 2.28. The number of carbonyl (C=O) groups is 1. The first-order valence-corrected chi connectivity index (χ1v) is 7.75. The quantitative estimate of drug-likeness (QED) is 0.894. The van der Waals surface area contributed by atoms with Crippen molar-refractivity contribution in [3.8, 4) is 5.75 Å². The summed E-state index contributed by atoms with van der Waals surface area (Å²) in [6.45, 7) is 0. The fourth-order valence-electron chi connectivity index (χ4n) is 2.79. The van der Waals surface area contributed by atoms with E-state index in [0.717, 1.165) is 18.4 Å². The molecule has 3 nitrogen and oxygen atoms in total. The summed E-state index contributed by atoms with van der Waals surface area (Å²) >= 11 is 6.01. The van der Waals surface area contributed by atoms with Gasteiger partial charge < -0.3 is 10.1 Å². The van der Waals surface area contributed by atoms with Crippen molar-refractivity contribution in [3.05, 3.63) is 46.7 Å². The van der Waals surface area contributed by atoms with Crippen molar-refractivity contribution in [2.24, 2.45) is 0 Å². The predicted molar refractivity (Wildman–Crippen MR) is 84.2 cm³/mol. The number of hydrogen-bond donors (Lipinski definition) is 1. The fraction of sp³-hybridized carbons (Fsp3) is 0.353. The summed E-state index contributed by atoms with van der Waals surface area (Å²) in [5.41, 5.74) is 1.42.